The number of nitrogens with zero attached hydrogens (tertiary/aromatic N) is 4. The number of amides is 1. The lowest BCUT2D eigenvalue weighted by molar-refractivity contribution is 0.0950. The standard InChI is InChI=1S/C28H29N5O3S/c1-19-7-8-20(13-26(19)37(2,35)36)28(34)31-17-24-14-25-22(16-30-24)9-10-27(32-25)33-12-4-6-23(18-33)21-5-3-11-29-15-21/h3,5,7-11,13-16,23H,4,6,12,17-18H2,1-2H3,(H,31,34)/t23-/m1/s1. The number of hydrogen-bond acceptors (Lipinski definition) is 7. The van der Waals surface area contributed by atoms with E-state index in [0.717, 1.165) is 48.9 Å². The highest BCUT2D eigenvalue weighted by Crippen LogP contribution is 2.29. The van der Waals surface area contributed by atoms with E-state index in [0.29, 0.717) is 22.7 Å². The number of sulfone groups is 1. The number of piperidine rings is 1. The summed E-state index contributed by atoms with van der Waals surface area (Å²) in [6.45, 7) is 3.76. The molecule has 4 heterocycles. The highest BCUT2D eigenvalue weighted by Gasteiger charge is 2.22. The molecule has 5 rings (SSSR count). The molecule has 3 aromatic heterocycles. The molecule has 0 unspecified atom stereocenters. The number of rotatable bonds is 6. The maximum atomic E-state index is 12.7. The van der Waals surface area contributed by atoms with Crippen LogP contribution in [-0.2, 0) is 16.4 Å². The zero-order valence-electron chi connectivity index (χ0n) is 20.9. The fourth-order valence-electron chi connectivity index (χ4n) is 4.81. The number of carbonyl (C=O) groups is 1. The number of hydrogen-bond donors (Lipinski definition) is 1. The average Bonchev–Trinajstić information content (AvgIpc) is 2.91. The number of benzene rings is 1. The molecular weight excluding hydrogens is 486 g/mol. The number of nitrogens with one attached hydrogen (secondary N) is 1. The molecule has 37 heavy (non-hydrogen) atoms. The summed E-state index contributed by atoms with van der Waals surface area (Å²) in [6.07, 6.45) is 8.88. The van der Waals surface area contributed by atoms with Crippen LogP contribution in [0.1, 0.15) is 45.9 Å². The third-order valence-electron chi connectivity index (χ3n) is 6.80. The lowest BCUT2D eigenvalue weighted by Crippen LogP contribution is -2.34. The number of anilines is 1. The van der Waals surface area contributed by atoms with Crippen LogP contribution in [0, 0.1) is 6.92 Å². The molecule has 1 atom stereocenters. The second kappa shape index (κ2) is 10.3. The molecule has 0 aliphatic carbocycles. The quantitative estimate of drug-likeness (QED) is 0.413. The molecule has 1 aliphatic heterocycles. The van der Waals surface area contributed by atoms with Gasteiger partial charge < -0.3 is 10.2 Å². The molecule has 0 bridgehead atoms. The molecule has 1 N–H and O–H groups in total. The van der Waals surface area contributed by atoms with Crippen molar-refractivity contribution in [1.82, 2.24) is 20.3 Å². The topological polar surface area (TPSA) is 105 Å². The van der Waals surface area contributed by atoms with E-state index in [2.05, 4.69) is 26.3 Å². The molecule has 1 fully saturated rings. The number of fused-ring (bicyclic) bond motifs is 1. The Balaban J connectivity index is 1.30. The van der Waals surface area contributed by atoms with Gasteiger partial charge in [0.05, 0.1) is 22.7 Å². The summed E-state index contributed by atoms with van der Waals surface area (Å²) in [5, 5.41) is 3.77. The Hall–Kier alpha value is -3.85. The van der Waals surface area contributed by atoms with Gasteiger partial charge in [0, 0.05) is 54.8 Å². The van der Waals surface area contributed by atoms with Gasteiger partial charge in [0.25, 0.3) is 5.91 Å². The summed E-state index contributed by atoms with van der Waals surface area (Å²) in [5.41, 5.74) is 3.65. The van der Waals surface area contributed by atoms with E-state index in [1.54, 1.807) is 31.5 Å². The van der Waals surface area contributed by atoms with Crippen molar-refractivity contribution in [2.75, 3.05) is 24.2 Å². The van der Waals surface area contributed by atoms with E-state index in [1.807, 2.05) is 30.5 Å². The molecule has 1 aromatic carbocycles. The smallest absolute Gasteiger partial charge is 0.251 e. The van der Waals surface area contributed by atoms with Crippen LogP contribution in [0.4, 0.5) is 5.82 Å². The molecule has 190 valence electrons. The van der Waals surface area contributed by atoms with Gasteiger partial charge in [-0.25, -0.2) is 13.4 Å². The minimum Gasteiger partial charge on any atom is -0.356 e. The third-order valence-corrected chi connectivity index (χ3v) is 8.04. The van der Waals surface area contributed by atoms with Gasteiger partial charge in [-0.1, -0.05) is 12.1 Å². The molecule has 9 heteroatoms. The molecule has 0 spiro atoms. The van der Waals surface area contributed by atoms with E-state index in [4.69, 9.17) is 4.98 Å². The van der Waals surface area contributed by atoms with Gasteiger partial charge in [0.1, 0.15) is 5.82 Å². The van der Waals surface area contributed by atoms with Crippen LogP contribution < -0.4 is 10.2 Å². The molecule has 1 aliphatic rings. The predicted molar refractivity (Wildman–Crippen MR) is 143 cm³/mol. The monoisotopic (exact) mass is 515 g/mol. The van der Waals surface area contributed by atoms with Gasteiger partial charge in [0.2, 0.25) is 0 Å². The number of carbonyl (C=O) groups excluding carboxylic acids is 1. The largest absolute Gasteiger partial charge is 0.356 e. The Morgan fingerprint density at radius 2 is 2.00 bits per heavy atom. The summed E-state index contributed by atoms with van der Waals surface area (Å²) in [4.78, 5) is 28.9. The molecular formula is C28H29N5O3S. The van der Waals surface area contributed by atoms with Crippen LogP contribution in [0.3, 0.4) is 0 Å². The zero-order valence-corrected chi connectivity index (χ0v) is 21.7. The number of pyridine rings is 3. The van der Waals surface area contributed by atoms with Gasteiger partial charge in [-0.2, -0.15) is 0 Å². The number of aryl methyl sites for hydroxylation is 1. The van der Waals surface area contributed by atoms with Crippen LogP contribution in [0.15, 0.2) is 72.0 Å². The normalized spacial score (nSPS) is 16.1. The van der Waals surface area contributed by atoms with Gasteiger partial charge in [-0.15, -0.1) is 0 Å². The van der Waals surface area contributed by atoms with E-state index in [9.17, 15) is 13.2 Å². The molecule has 1 amide bonds. The lowest BCUT2D eigenvalue weighted by Gasteiger charge is -2.33. The Kier molecular flexibility index (Phi) is 6.88. The molecule has 8 nitrogen and oxygen atoms in total. The van der Waals surface area contributed by atoms with Crippen molar-refractivity contribution < 1.29 is 13.2 Å². The minimum absolute atomic E-state index is 0.157. The SMILES string of the molecule is Cc1ccc(C(=O)NCc2cc3nc(N4CCC[C@@H](c5cccnc5)C4)ccc3cn2)cc1S(C)(=O)=O. The van der Waals surface area contributed by atoms with Gasteiger partial charge in [-0.3, -0.25) is 14.8 Å². The first-order valence-electron chi connectivity index (χ1n) is 12.3. The van der Waals surface area contributed by atoms with E-state index >= 15 is 0 Å². The Morgan fingerprint density at radius 3 is 2.78 bits per heavy atom. The van der Waals surface area contributed by atoms with E-state index < -0.39 is 9.84 Å². The van der Waals surface area contributed by atoms with Crippen molar-refractivity contribution in [3.63, 3.8) is 0 Å². The van der Waals surface area contributed by atoms with Crippen LogP contribution in [0.2, 0.25) is 0 Å². The van der Waals surface area contributed by atoms with Crippen LogP contribution in [-0.4, -0.2) is 48.6 Å². The van der Waals surface area contributed by atoms with Crippen LogP contribution in [0.5, 0.6) is 0 Å². The highest BCUT2D eigenvalue weighted by atomic mass is 32.2. The minimum atomic E-state index is -3.42. The van der Waals surface area contributed by atoms with Gasteiger partial charge in [-0.05, 0) is 67.3 Å². The first-order valence-corrected chi connectivity index (χ1v) is 14.2. The lowest BCUT2D eigenvalue weighted by atomic mass is 9.92. The van der Waals surface area contributed by atoms with Crippen molar-refractivity contribution in [3.05, 3.63) is 89.5 Å². The highest BCUT2D eigenvalue weighted by molar-refractivity contribution is 7.90. The Morgan fingerprint density at radius 1 is 1.14 bits per heavy atom. The fourth-order valence-corrected chi connectivity index (χ4v) is 5.80. The van der Waals surface area contributed by atoms with E-state index in [-0.39, 0.29) is 17.3 Å². The van der Waals surface area contributed by atoms with Gasteiger partial charge >= 0.3 is 0 Å². The van der Waals surface area contributed by atoms with Crippen LogP contribution in [0.25, 0.3) is 10.9 Å². The average molecular weight is 516 g/mol. The second-order valence-corrected chi connectivity index (χ2v) is 11.5. The van der Waals surface area contributed by atoms with Crippen molar-refractivity contribution >= 4 is 32.5 Å². The maximum Gasteiger partial charge on any atom is 0.251 e. The van der Waals surface area contributed by atoms with Crippen molar-refractivity contribution in [2.45, 2.75) is 37.1 Å². The van der Waals surface area contributed by atoms with Crippen LogP contribution >= 0.6 is 0 Å². The van der Waals surface area contributed by atoms with Gasteiger partial charge in [0.15, 0.2) is 9.84 Å². The summed E-state index contributed by atoms with van der Waals surface area (Å²) >= 11 is 0. The number of aromatic nitrogens is 3. The molecule has 0 saturated carbocycles. The molecule has 0 radical (unpaired) electrons. The second-order valence-electron chi connectivity index (χ2n) is 9.54. The Labute approximate surface area is 216 Å². The first kappa shape index (κ1) is 24.8. The van der Waals surface area contributed by atoms with Crippen molar-refractivity contribution in [2.24, 2.45) is 0 Å². The summed E-state index contributed by atoms with van der Waals surface area (Å²) in [7, 11) is -3.42. The predicted octanol–water partition coefficient (Wildman–Crippen LogP) is 4.05. The summed E-state index contributed by atoms with van der Waals surface area (Å²) in [6, 6.07) is 14.8. The molecule has 1 saturated heterocycles. The summed E-state index contributed by atoms with van der Waals surface area (Å²) < 4.78 is 24.0. The maximum absolute atomic E-state index is 12.7. The fraction of sp³-hybridized carbons (Fsp3) is 0.286. The molecule has 4 aromatic rings. The summed E-state index contributed by atoms with van der Waals surface area (Å²) in [5.74, 6) is 0.992. The Bertz CT molecular complexity index is 1560. The van der Waals surface area contributed by atoms with Crippen molar-refractivity contribution in [1.29, 1.82) is 0 Å². The van der Waals surface area contributed by atoms with Crippen molar-refractivity contribution in [3.8, 4) is 0 Å². The third kappa shape index (κ3) is 5.61. The van der Waals surface area contributed by atoms with E-state index in [1.165, 1.54) is 11.6 Å². The zero-order chi connectivity index (χ0) is 26.0. The first-order chi connectivity index (χ1) is 17.8.